The summed E-state index contributed by atoms with van der Waals surface area (Å²) < 4.78 is 14.7. The lowest BCUT2D eigenvalue weighted by Crippen LogP contribution is -2.50. The van der Waals surface area contributed by atoms with E-state index in [1.54, 1.807) is 17.1 Å². The minimum Gasteiger partial charge on any atom is -0.310 e. The summed E-state index contributed by atoms with van der Waals surface area (Å²) in [5.74, 6) is 1.14. The first kappa shape index (κ1) is 20.1. The van der Waals surface area contributed by atoms with Crippen molar-refractivity contribution in [3.8, 4) is 11.3 Å². The van der Waals surface area contributed by atoms with Crippen molar-refractivity contribution in [1.82, 2.24) is 24.6 Å². The van der Waals surface area contributed by atoms with Gasteiger partial charge in [-0.25, -0.2) is 14.4 Å². The molecule has 8 heteroatoms. The Morgan fingerprint density at radius 2 is 2.00 bits per heavy atom. The fraction of sp³-hybridized carbons (Fsp3) is 0.478. The Kier molecular flexibility index (Phi) is 5.40. The summed E-state index contributed by atoms with van der Waals surface area (Å²) in [6.45, 7) is 2.11. The van der Waals surface area contributed by atoms with Crippen molar-refractivity contribution in [2.24, 2.45) is 18.9 Å². The number of anilines is 1. The standard InChI is InChI=1S/C23H27FN6O/c1-29-12-18(10-26-29)20-7-6-17-9-25-22(8-21(17)27-20)28-23(31)16-4-2-15(3-5-16)11-30-13-19(24)14-30/h6-10,12,15-16,19H,2-5,11,13-14H2,1H3,(H,25,28,31)/t15-,16-. The molecule has 0 atom stereocenters. The van der Waals surface area contributed by atoms with Crippen LogP contribution in [0.5, 0.6) is 0 Å². The van der Waals surface area contributed by atoms with Gasteiger partial charge in [0, 0.05) is 62.0 Å². The first-order valence-corrected chi connectivity index (χ1v) is 11.0. The Morgan fingerprint density at radius 1 is 1.19 bits per heavy atom. The number of pyridine rings is 2. The van der Waals surface area contributed by atoms with E-state index >= 15 is 0 Å². The van der Waals surface area contributed by atoms with Crippen LogP contribution in [0.3, 0.4) is 0 Å². The second-order valence-electron chi connectivity index (χ2n) is 8.88. The molecule has 2 aliphatic rings. The highest BCUT2D eigenvalue weighted by Crippen LogP contribution is 2.31. The summed E-state index contributed by atoms with van der Waals surface area (Å²) in [6, 6.07) is 5.76. The van der Waals surface area contributed by atoms with Crippen LogP contribution in [0.25, 0.3) is 22.2 Å². The van der Waals surface area contributed by atoms with Crippen LogP contribution in [0.15, 0.2) is 36.8 Å². The van der Waals surface area contributed by atoms with Gasteiger partial charge in [-0.3, -0.25) is 14.4 Å². The number of aryl methyl sites for hydroxylation is 1. The van der Waals surface area contributed by atoms with E-state index in [0.29, 0.717) is 24.8 Å². The van der Waals surface area contributed by atoms with Gasteiger partial charge >= 0.3 is 0 Å². The van der Waals surface area contributed by atoms with E-state index in [1.807, 2.05) is 31.4 Å². The van der Waals surface area contributed by atoms with Crippen molar-refractivity contribution in [3.63, 3.8) is 0 Å². The summed E-state index contributed by atoms with van der Waals surface area (Å²) in [5.41, 5.74) is 2.57. The lowest BCUT2D eigenvalue weighted by molar-refractivity contribution is -0.121. The Balaban J connectivity index is 1.21. The highest BCUT2D eigenvalue weighted by Gasteiger charge is 2.31. The van der Waals surface area contributed by atoms with Gasteiger partial charge in [0.25, 0.3) is 0 Å². The minimum absolute atomic E-state index is 0.00810. The largest absolute Gasteiger partial charge is 0.310 e. The van der Waals surface area contributed by atoms with Gasteiger partial charge in [0.1, 0.15) is 12.0 Å². The monoisotopic (exact) mass is 422 g/mol. The second-order valence-corrected chi connectivity index (χ2v) is 8.88. The third-order valence-electron chi connectivity index (χ3n) is 6.47. The highest BCUT2D eigenvalue weighted by molar-refractivity contribution is 5.93. The fourth-order valence-corrected chi connectivity index (χ4v) is 4.66. The molecule has 3 aromatic heterocycles. The zero-order valence-corrected chi connectivity index (χ0v) is 17.7. The number of amides is 1. The average Bonchev–Trinajstić information content (AvgIpc) is 3.19. The van der Waals surface area contributed by atoms with Crippen LogP contribution >= 0.6 is 0 Å². The summed E-state index contributed by atoms with van der Waals surface area (Å²) in [6.07, 6.45) is 8.60. The molecule has 5 rings (SSSR count). The van der Waals surface area contributed by atoms with Crippen molar-refractivity contribution in [2.75, 3.05) is 25.0 Å². The number of nitrogens with zero attached hydrogens (tertiary/aromatic N) is 5. The van der Waals surface area contributed by atoms with E-state index in [0.717, 1.165) is 54.4 Å². The number of alkyl halides is 1. The minimum atomic E-state index is -0.647. The number of halogens is 1. The molecule has 3 aromatic rings. The maximum Gasteiger partial charge on any atom is 0.228 e. The van der Waals surface area contributed by atoms with E-state index < -0.39 is 6.17 Å². The van der Waals surface area contributed by atoms with E-state index in [1.165, 1.54) is 0 Å². The van der Waals surface area contributed by atoms with Gasteiger partial charge in [-0.15, -0.1) is 0 Å². The average molecular weight is 423 g/mol. The summed E-state index contributed by atoms with van der Waals surface area (Å²) in [7, 11) is 1.87. The van der Waals surface area contributed by atoms with Gasteiger partial charge < -0.3 is 5.32 Å². The fourth-order valence-electron chi connectivity index (χ4n) is 4.66. The number of carbonyl (C=O) groups is 1. The molecule has 1 aliphatic heterocycles. The quantitative estimate of drug-likeness (QED) is 0.682. The third kappa shape index (κ3) is 4.44. The molecule has 4 heterocycles. The third-order valence-corrected chi connectivity index (χ3v) is 6.47. The summed E-state index contributed by atoms with van der Waals surface area (Å²) >= 11 is 0. The lowest BCUT2D eigenvalue weighted by atomic mass is 9.81. The maximum atomic E-state index is 13.0. The smallest absolute Gasteiger partial charge is 0.228 e. The number of hydrogen-bond donors (Lipinski definition) is 1. The molecule has 0 spiro atoms. The number of rotatable bonds is 5. The predicted molar refractivity (Wildman–Crippen MR) is 117 cm³/mol. The number of likely N-dealkylation sites (tertiary alicyclic amines) is 1. The maximum absolute atomic E-state index is 13.0. The predicted octanol–water partition coefficient (Wildman–Crippen LogP) is 3.43. The zero-order chi connectivity index (χ0) is 21.4. The molecule has 0 bridgehead atoms. The molecule has 162 valence electrons. The molecule has 1 saturated carbocycles. The van der Waals surface area contributed by atoms with Crippen LogP contribution in [-0.4, -0.2) is 56.4 Å². The van der Waals surface area contributed by atoms with Crippen molar-refractivity contribution in [2.45, 2.75) is 31.9 Å². The molecular weight excluding hydrogens is 395 g/mol. The first-order valence-electron chi connectivity index (χ1n) is 11.0. The van der Waals surface area contributed by atoms with E-state index in [2.05, 4.69) is 20.3 Å². The van der Waals surface area contributed by atoms with Crippen molar-refractivity contribution < 1.29 is 9.18 Å². The van der Waals surface area contributed by atoms with Gasteiger partial charge in [0.05, 0.1) is 17.4 Å². The summed E-state index contributed by atoms with van der Waals surface area (Å²) in [4.78, 5) is 24.1. The molecule has 1 aliphatic carbocycles. The first-order chi connectivity index (χ1) is 15.0. The van der Waals surface area contributed by atoms with Crippen molar-refractivity contribution in [3.05, 3.63) is 36.8 Å². The van der Waals surface area contributed by atoms with Gasteiger partial charge in [-0.05, 0) is 43.7 Å². The van der Waals surface area contributed by atoms with Gasteiger partial charge in [-0.1, -0.05) is 0 Å². The Bertz CT molecular complexity index is 1080. The second kappa shape index (κ2) is 8.34. The summed E-state index contributed by atoms with van der Waals surface area (Å²) in [5, 5.41) is 8.11. The topological polar surface area (TPSA) is 75.9 Å². The van der Waals surface area contributed by atoms with Crippen LogP contribution in [-0.2, 0) is 11.8 Å². The van der Waals surface area contributed by atoms with E-state index in [-0.39, 0.29) is 11.8 Å². The SMILES string of the molecule is Cn1cc(-c2ccc3cnc(NC(=O)[C@H]4CC[C@H](CN5CC(F)C5)CC4)cc3n2)cn1. The van der Waals surface area contributed by atoms with Crippen molar-refractivity contribution >= 4 is 22.6 Å². The van der Waals surface area contributed by atoms with E-state index in [9.17, 15) is 9.18 Å². The van der Waals surface area contributed by atoms with E-state index in [4.69, 9.17) is 4.98 Å². The molecule has 1 N–H and O–H groups in total. The van der Waals surface area contributed by atoms with Crippen LogP contribution in [0, 0.1) is 11.8 Å². The molecule has 0 unspecified atom stereocenters. The molecule has 1 saturated heterocycles. The Labute approximate surface area is 180 Å². The zero-order valence-electron chi connectivity index (χ0n) is 17.7. The molecule has 7 nitrogen and oxygen atoms in total. The number of fused-ring (bicyclic) bond motifs is 1. The van der Waals surface area contributed by atoms with Crippen LogP contribution < -0.4 is 5.32 Å². The molecular formula is C23H27FN6O. The number of nitrogens with one attached hydrogen (secondary N) is 1. The Morgan fingerprint density at radius 3 is 2.71 bits per heavy atom. The van der Waals surface area contributed by atoms with Crippen LogP contribution in [0.4, 0.5) is 10.2 Å². The number of aromatic nitrogens is 4. The Hall–Kier alpha value is -2.87. The molecule has 0 radical (unpaired) electrons. The van der Waals surface area contributed by atoms with Crippen molar-refractivity contribution in [1.29, 1.82) is 0 Å². The highest BCUT2D eigenvalue weighted by atomic mass is 19.1. The normalized spacial score (nSPS) is 22.4. The van der Waals surface area contributed by atoms with Gasteiger partial charge in [-0.2, -0.15) is 5.10 Å². The molecule has 1 amide bonds. The van der Waals surface area contributed by atoms with Gasteiger partial charge in [0.2, 0.25) is 5.91 Å². The van der Waals surface area contributed by atoms with Crippen LogP contribution in [0.2, 0.25) is 0 Å². The number of carbonyl (C=O) groups excluding carboxylic acids is 1. The molecule has 31 heavy (non-hydrogen) atoms. The molecule has 2 fully saturated rings. The lowest BCUT2D eigenvalue weighted by Gasteiger charge is -2.38. The van der Waals surface area contributed by atoms with Gasteiger partial charge in [0.15, 0.2) is 0 Å². The number of hydrogen-bond acceptors (Lipinski definition) is 5. The van der Waals surface area contributed by atoms with Crippen LogP contribution in [0.1, 0.15) is 25.7 Å². The molecule has 0 aromatic carbocycles.